The van der Waals surface area contributed by atoms with Gasteiger partial charge in [-0.15, -0.1) is 0 Å². The van der Waals surface area contributed by atoms with Gasteiger partial charge >= 0.3 is 21.8 Å². The minimum absolute atomic E-state index is 0.122. The van der Waals surface area contributed by atoms with E-state index in [-0.39, 0.29) is 11.5 Å². The molecule has 2 rings (SSSR count). The predicted molar refractivity (Wildman–Crippen MR) is 68.8 cm³/mol. The summed E-state index contributed by atoms with van der Waals surface area (Å²) in [4.78, 5) is 0. The monoisotopic (exact) mass is 360 g/mol. The molecule has 3 nitrogen and oxygen atoms in total. The molecule has 0 atom stereocenters. The molecule has 10 heteroatoms. The summed E-state index contributed by atoms with van der Waals surface area (Å²) >= 11 is 0. The number of hydrogen-bond donors (Lipinski definition) is 0. The molecule has 0 heterocycles. The average Bonchev–Trinajstić information content (AvgIpc) is 3.18. The van der Waals surface area contributed by atoms with Crippen LogP contribution in [-0.4, -0.2) is 13.9 Å². The summed E-state index contributed by atoms with van der Waals surface area (Å²) in [6.07, 6.45) is -0.459. The summed E-state index contributed by atoms with van der Waals surface area (Å²) in [6, 6.07) is 1.55. The van der Waals surface area contributed by atoms with Crippen LogP contribution < -0.4 is 4.18 Å². The molecule has 1 aromatic rings. The van der Waals surface area contributed by atoms with Gasteiger partial charge in [-0.2, -0.15) is 34.8 Å². The van der Waals surface area contributed by atoms with E-state index in [2.05, 4.69) is 4.18 Å². The zero-order valence-electron chi connectivity index (χ0n) is 11.3. The number of alkyl halides is 6. The highest BCUT2D eigenvalue weighted by atomic mass is 32.2. The molecule has 0 bridgehead atoms. The lowest BCUT2D eigenvalue weighted by Gasteiger charge is -2.13. The van der Waals surface area contributed by atoms with E-state index in [0.29, 0.717) is 18.2 Å². The Labute approximate surface area is 127 Å². The average molecular weight is 360 g/mol. The van der Waals surface area contributed by atoms with Gasteiger partial charge < -0.3 is 4.18 Å². The van der Waals surface area contributed by atoms with Crippen molar-refractivity contribution in [2.75, 3.05) is 0 Å². The van der Waals surface area contributed by atoms with Crippen LogP contribution in [0.2, 0.25) is 0 Å². The molecule has 0 saturated heterocycles. The van der Waals surface area contributed by atoms with Crippen LogP contribution in [0.1, 0.15) is 24.0 Å². The van der Waals surface area contributed by atoms with Gasteiger partial charge in [0.1, 0.15) is 5.75 Å². The Balaban J connectivity index is 2.41. The first kappa shape index (κ1) is 17.6. The van der Waals surface area contributed by atoms with Crippen molar-refractivity contribution < 1.29 is 38.9 Å². The van der Waals surface area contributed by atoms with E-state index in [9.17, 15) is 34.8 Å². The van der Waals surface area contributed by atoms with Crippen LogP contribution in [0.15, 0.2) is 24.3 Å². The molecule has 0 aromatic heterocycles. The maximum absolute atomic E-state index is 12.7. The number of rotatable bonds is 4. The molecule has 1 aliphatic carbocycles. The van der Waals surface area contributed by atoms with Crippen LogP contribution >= 0.6 is 0 Å². The van der Waals surface area contributed by atoms with E-state index < -0.39 is 33.1 Å². The Kier molecular flexibility index (Phi) is 4.40. The molecule has 0 N–H and O–H groups in total. The number of benzene rings is 1. The van der Waals surface area contributed by atoms with E-state index in [1.165, 1.54) is 6.08 Å². The van der Waals surface area contributed by atoms with Crippen LogP contribution in [-0.2, 0) is 16.3 Å². The van der Waals surface area contributed by atoms with Gasteiger partial charge in [0.05, 0.1) is 5.56 Å². The van der Waals surface area contributed by atoms with E-state index in [0.717, 1.165) is 18.9 Å². The predicted octanol–water partition coefficient (Wildman–Crippen LogP) is 4.36. The fraction of sp³-hybridized carbons (Fsp3) is 0.385. The third kappa shape index (κ3) is 4.40. The van der Waals surface area contributed by atoms with Crippen molar-refractivity contribution in [3.05, 3.63) is 35.4 Å². The second kappa shape index (κ2) is 5.73. The van der Waals surface area contributed by atoms with Crippen LogP contribution in [0.4, 0.5) is 26.3 Å². The molecule has 0 amide bonds. The second-order valence-electron chi connectivity index (χ2n) is 4.93. The van der Waals surface area contributed by atoms with Crippen molar-refractivity contribution in [2.24, 2.45) is 5.92 Å². The minimum atomic E-state index is -5.96. The number of allylic oxidation sites excluding steroid dienone is 1. The maximum atomic E-state index is 12.7. The molecule has 0 unspecified atom stereocenters. The summed E-state index contributed by atoms with van der Waals surface area (Å²) in [6.45, 7) is 0. The standard InChI is InChI=1S/C13H10F6O3S/c14-12(15,16)10-5-6-11(22-23(20,21)13(17,18)19)9(7-10)4-3-8-1-2-8/h3-8H,1-2H2/b4-3+. The zero-order chi connectivity index (χ0) is 17.5. The third-order valence-corrected chi connectivity index (χ3v) is 3.96. The smallest absolute Gasteiger partial charge is 0.375 e. The Bertz CT molecular complexity index is 714. The summed E-state index contributed by atoms with van der Waals surface area (Å²) in [5, 5.41) is 0. The molecule has 0 aliphatic heterocycles. The van der Waals surface area contributed by atoms with Crippen molar-refractivity contribution in [1.29, 1.82) is 0 Å². The molecule has 1 aliphatic rings. The van der Waals surface area contributed by atoms with Gasteiger partial charge in [-0.25, -0.2) is 0 Å². The van der Waals surface area contributed by atoms with E-state index in [1.807, 2.05) is 0 Å². The molecule has 1 aromatic carbocycles. The van der Waals surface area contributed by atoms with Crippen molar-refractivity contribution in [3.63, 3.8) is 0 Å². The largest absolute Gasteiger partial charge is 0.534 e. The lowest BCUT2D eigenvalue weighted by Crippen LogP contribution is -2.28. The first-order valence-electron chi connectivity index (χ1n) is 6.30. The van der Waals surface area contributed by atoms with E-state index in [1.54, 1.807) is 0 Å². The third-order valence-electron chi connectivity index (χ3n) is 2.99. The van der Waals surface area contributed by atoms with Crippen LogP contribution in [0.5, 0.6) is 5.75 Å². The second-order valence-corrected chi connectivity index (χ2v) is 6.47. The van der Waals surface area contributed by atoms with Gasteiger partial charge in [-0.05, 0) is 37.0 Å². The number of halogens is 6. The highest BCUT2D eigenvalue weighted by Crippen LogP contribution is 2.37. The molecular weight excluding hydrogens is 350 g/mol. The highest BCUT2D eigenvalue weighted by Gasteiger charge is 2.48. The molecule has 128 valence electrons. The van der Waals surface area contributed by atoms with Gasteiger partial charge in [0.2, 0.25) is 0 Å². The minimum Gasteiger partial charge on any atom is -0.375 e. The maximum Gasteiger partial charge on any atom is 0.534 e. The van der Waals surface area contributed by atoms with E-state index in [4.69, 9.17) is 0 Å². The Morgan fingerprint density at radius 3 is 2.17 bits per heavy atom. The topological polar surface area (TPSA) is 43.4 Å². The molecule has 0 spiro atoms. The first-order valence-corrected chi connectivity index (χ1v) is 7.71. The molecule has 1 saturated carbocycles. The van der Waals surface area contributed by atoms with Crippen LogP contribution in [0.3, 0.4) is 0 Å². The fourth-order valence-corrected chi connectivity index (χ4v) is 2.11. The van der Waals surface area contributed by atoms with Gasteiger partial charge in [0.25, 0.3) is 0 Å². The lowest BCUT2D eigenvalue weighted by molar-refractivity contribution is -0.137. The Hall–Kier alpha value is -1.71. The summed E-state index contributed by atoms with van der Waals surface area (Å²) in [5.41, 5.74) is -7.18. The van der Waals surface area contributed by atoms with Gasteiger partial charge in [0.15, 0.2) is 0 Å². The van der Waals surface area contributed by atoms with Gasteiger partial charge in [-0.1, -0.05) is 12.2 Å². The summed E-state index contributed by atoms with van der Waals surface area (Å²) < 4.78 is 101. The van der Waals surface area contributed by atoms with Crippen molar-refractivity contribution in [3.8, 4) is 5.75 Å². The van der Waals surface area contributed by atoms with Gasteiger partial charge in [0, 0.05) is 5.56 Å². The quantitative estimate of drug-likeness (QED) is 0.455. The molecule has 23 heavy (non-hydrogen) atoms. The lowest BCUT2D eigenvalue weighted by atomic mass is 10.1. The molecular formula is C13H10F6O3S. The van der Waals surface area contributed by atoms with E-state index >= 15 is 0 Å². The molecule has 0 radical (unpaired) electrons. The van der Waals surface area contributed by atoms with Gasteiger partial charge in [-0.3, -0.25) is 0 Å². The molecule has 1 fully saturated rings. The zero-order valence-corrected chi connectivity index (χ0v) is 12.1. The Morgan fingerprint density at radius 1 is 1.09 bits per heavy atom. The van der Waals surface area contributed by atoms with Crippen molar-refractivity contribution >= 4 is 16.2 Å². The number of hydrogen-bond acceptors (Lipinski definition) is 3. The fourth-order valence-electron chi connectivity index (χ4n) is 1.62. The first-order chi connectivity index (χ1) is 10.4. The highest BCUT2D eigenvalue weighted by molar-refractivity contribution is 7.88. The summed E-state index contributed by atoms with van der Waals surface area (Å²) in [7, 11) is -5.96. The Morgan fingerprint density at radius 2 is 1.70 bits per heavy atom. The normalized spacial score (nSPS) is 16.8. The van der Waals surface area contributed by atoms with Crippen LogP contribution in [0.25, 0.3) is 6.08 Å². The SMILES string of the molecule is O=S(=O)(Oc1ccc(C(F)(F)F)cc1/C=C/C1CC1)C(F)(F)F. The van der Waals surface area contributed by atoms with Crippen molar-refractivity contribution in [2.45, 2.75) is 24.5 Å². The van der Waals surface area contributed by atoms with Crippen LogP contribution in [0, 0.1) is 5.92 Å². The van der Waals surface area contributed by atoms with Crippen molar-refractivity contribution in [1.82, 2.24) is 0 Å². The summed E-state index contributed by atoms with van der Waals surface area (Å²) in [5.74, 6) is -0.691.